The van der Waals surface area contributed by atoms with Crippen LogP contribution in [0.5, 0.6) is 0 Å². The molecular formula is C13H20N4O4S2. The molecule has 1 saturated heterocycles. The highest BCUT2D eigenvalue weighted by Gasteiger charge is 2.43. The van der Waals surface area contributed by atoms with E-state index in [1.54, 1.807) is 25.7 Å². The van der Waals surface area contributed by atoms with E-state index in [9.17, 15) is 18.0 Å². The average molecular weight is 360 g/mol. The highest BCUT2D eigenvalue weighted by Crippen LogP contribution is 2.32. The fraction of sp³-hybridized carbons (Fsp3) is 0.692. The second-order valence-corrected chi connectivity index (χ2v) is 8.57. The number of nitrogens with zero attached hydrogens (tertiary/aromatic N) is 3. The third kappa shape index (κ3) is 3.86. The molecule has 23 heavy (non-hydrogen) atoms. The van der Waals surface area contributed by atoms with Gasteiger partial charge in [-0.2, -0.15) is 0 Å². The molecule has 10 heteroatoms. The maximum Gasteiger partial charge on any atom is 0.267 e. The molecule has 1 N–H and O–H groups in total. The molecule has 1 aromatic rings. The molecule has 128 valence electrons. The molecular weight excluding hydrogens is 340 g/mol. The number of rotatable bonds is 5. The Balaban J connectivity index is 2.07. The lowest BCUT2D eigenvalue weighted by Crippen LogP contribution is -2.44. The van der Waals surface area contributed by atoms with E-state index in [0.29, 0.717) is 30.0 Å². The minimum absolute atomic E-state index is 0.0941. The van der Waals surface area contributed by atoms with Crippen LogP contribution in [0.3, 0.4) is 0 Å². The zero-order valence-electron chi connectivity index (χ0n) is 13.3. The van der Waals surface area contributed by atoms with Crippen molar-refractivity contribution < 1.29 is 18.0 Å². The number of amides is 2. The molecule has 0 spiro atoms. The summed E-state index contributed by atoms with van der Waals surface area (Å²) in [5.74, 6) is -0.866. The Labute approximate surface area is 139 Å². The Kier molecular flexibility index (Phi) is 5.04. The van der Waals surface area contributed by atoms with Crippen LogP contribution in [0, 0.1) is 12.3 Å². The van der Waals surface area contributed by atoms with Gasteiger partial charge in [-0.15, -0.1) is 5.10 Å². The van der Waals surface area contributed by atoms with Crippen molar-refractivity contribution in [2.75, 3.05) is 18.8 Å². The van der Waals surface area contributed by atoms with Gasteiger partial charge in [0.15, 0.2) is 0 Å². The normalized spacial score (nSPS) is 21.4. The van der Waals surface area contributed by atoms with Crippen molar-refractivity contribution in [2.45, 2.75) is 33.6 Å². The van der Waals surface area contributed by atoms with Gasteiger partial charge in [0.25, 0.3) is 5.91 Å². The molecule has 0 saturated carbocycles. The van der Waals surface area contributed by atoms with Gasteiger partial charge in [-0.25, -0.2) is 8.42 Å². The molecule has 1 atom stereocenters. The van der Waals surface area contributed by atoms with Gasteiger partial charge in [-0.05, 0) is 38.2 Å². The van der Waals surface area contributed by atoms with Crippen molar-refractivity contribution in [1.29, 1.82) is 0 Å². The van der Waals surface area contributed by atoms with Crippen molar-refractivity contribution in [3.05, 3.63) is 10.6 Å². The number of likely N-dealkylation sites (tertiary alicyclic amines) is 1. The molecule has 1 unspecified atom stereocenters. The SMILES string of the molecule is CCCS(=O)(=O)NC(=O)C1(C)CCN(C(=O)c2snnc2C)C1. The van der Waals surface area contributed by atoms with Crippen molar-refractivity contribution in [3.63, 3.8) is 0 Å². The Morgan fingerprint density at radius 1 is 1.43 bits per heavy atom. The molecule has 0 aliphatic carbocycles. The monoisotopic (exact) mass is 360 g/mol. The minimum Gasteiger partial charge on any atom is -0.337 e. The Hall–Kier alpha value is -1.55. The van der Waals surface area contributed by atoms with Crippen LogP contribution >= 0.6 is 11.5 Å². The number of aryl methyl sites for hydroxylation is 1. The maximum absolute atomic E-state index is 12.4. The van der Waals surface area contributed by atoms with Crippen molar-refractivity contribution in [3.8, 4) is 0 Å². The van der Waals surface area contributed by atoms with Crippen LogP contribution in [0.1, 0.15) is 42.1 Å². The lowest BCUT2D eigenvalue weighted by Gasteiger charge is -2.23. The minimum atomic E-state index is -3.62. The highest BCUT2D eigenvalue weighted by atomic mass is 32.2. The molecule has 2 rings (SSSR count). The standard InChI is InChI=1S/C13H20N4O4S2/c1-4-7-23(20,21)15-12(19)13(3)5-6-17(8-13)11(18)10-9(2)14-16-22-10/h4-8H2,1-3H3,(H,15,19). The maximum atomic E-state index is 12.4. The zero-order chi connectivity index (χ0) is 17.3. The molecule has 0 aromatic carbocycles. The first-order valence-electron chi connectivity index (χ1n) is 7.31. The van der Waals surface area contributed by atoms with E-state index in [4.69, 9.17) is 0 Å². The van der Waals surface area contributed by atoms with E-state index in [-0.39, 0.29) is 18.2 Å². The third-order valence-corrected chi connectivity index (χ3v) is 6.13. The van der Waals surface area contributed by atoms with Gasteiger partial charge in [-0.1, -0.05) is 11.4 Å². The second-order valence-electron chi connectivity index (χ2n) is 5.97. The molecule has 1 aliphatic heterocycles. The summed E-state index contributed by atoms with van der Waals surface area (Å²) in [6.07, 6.45) is 0.846. The van der Waals surface area contributed by atoms with Gasteiger partial charge in [0.2, 0.25) is 15.9 Å². The third-order valence-electron chi connectivity index (χ3n) is 3.88. The lowest BCUT2D eigenvalue weighted by molar-refractivity contribution is -0.127. The van der Waals surface area contributed by atoms with Crippen molar-refractivity contribution >= 4 is 33.4 Å². The number of carbonyl (C=O) groups excluding carboxylic acids is 2. The fourth-order valence-corrected chi connectivity index (χ4v) is 4.27. The lowest BCUT2D eigenvalue weighted by atomic mass is 9.89. The molecule has 8 nitrogen and oxygen atoms in total. The van der Waals surface area contributed by atoms with Crippen LogP contribution in [-0.2, 0) is 14.8 Å². The number of hydrogen-bond donors (Lipinski definition) is 1. The van der Waals surface area contributed by atoms with E-state index in [1.165, 1.54) is 0 Å². The summed E-state index contributed by atoms with van der Waals surface area (Å²) in [5, 5.41) is 3.81. The van der Waals surface area contributed by atoms with Crippen LogP contribution in [0.15, 0.2) is 0 Å². The summed E-state index contributed by atoms with van der Waals surface area (Å²) in [6.45, 7) is 5.68. The van der Waals surface area contributed by atoms with Crippen molar-refractivity contribution in [2.24, 2.45) is 5.41 Å². The van der Waals surface area contributed by atoms with Gasteiger partial charge in [0, 0.05) is 13.1 Å². The van der Waals surface area contributed by atoms with Crippen molar-refractivity contribution in [1.82, 2.24) is 19.2 Å². The summed E-state index contributed by atoms with van der Waals surface area (Å²) < 4.78 is 29.4. The zero-order valence-corrected chi connectivity index (χ0v) is 15.0. The predicted octanol–water partition coefficient (Wildman–Crippen LogP) is 0.555. The largest absolute Gasteiger partial charge is 0.337 e. The van der Waals surface area contributed by atoms with Gasteiger partial charge >= 0.3 is 0 Å². The van der Waals surface area contributed by atoms with E-state index in [2.05, 4.69) is 14.3 Å². The predicted molar refractivity (Wildman–Crippen MR) is 85.5 cm³/mol. The molecule has 1 aliphatic rings. The number of sulfonamides is 1. The van der Waals surface area contributed by atoms with Gasteiger partial charge in [-0.3, -0.25) is 14.3 Å². The number of hydrogen-bond acceptors (Lipinski definition) is 7. The van der Waals surface area contributed by atoms with E-state index in [1.807, 2.05) is 0 Å². The first kappa shape index (κ1) is 17.8. The van der Waals surface area contributed by atoms with Crippen LogP contribution in [0.2, 0.25) is 0 Å². The molecule has 2 amide bonds. The van der Waals surface area contributed by atoms with E-state index in [0.717, 1.165) is 11.5 Å². The van der Waals surface area contributed by atoms with Crippen LogP contribution in [0.4, 0.5) is 0 Å². The van der Waals surface area contributed by atoms with E-state index < -0.39 is 21.3 Å². The van der Waals surface area contributed by atoms with Gasteiger partial charge in [0.1, 0.15) is 4.88 Å². The molecule has 2 heterocycles. The summed E-state index contributed by atoms with van der Waals surface area (Å²) in [6, 6.07) is 0. The second kappa shape index (κ2) is 6.52. The smallest absolute Gasteiger partial charge is 0.267 e. The Morgan fingerprint density at radius 2 is 2.13 bits per heavy atom. The van der Waals surface area contributed by atoms with Gasteiger partial charge in [0.05, 0.1) is 16.9 Å². The highest BCUT2D eigenvalue weighted by molar-refractivity contribution is 7.90. The summed E-state index contributed by atoms with van der Waals surface area (Å²) in [5.41, 5.74) is -0.355. The number of carbonyl (C=O) groups is 2. The molecule has 1 aromatic heterocycles. The summed E-state index contributed by atoms with van der Waals surface area (Å²) in [4.78, 5) is 26.8. The topological polar surface area (TPSA) is 109 Å². The first-order valence-corrected chi connectivity index (χ1v) is 9.74. The number of nitrogens with one attached hydrogen (secondary N) is 1. The quantitative estimate of drug-likeness (QED) is 0.821. The fourth-order valence-electron chi connectivity index (χ4n) is 2.48. The summed E-state index contributed by atoms with van der Waals surface area (Å²) in [7, 11) is -3.62. The molecule has 0 bridgehead atoms. The van der Waals surface area contributed by atoms with Gasteiger partial charge < -0.3 is 4.90 Å². The van der Waals surface area contributed by atoms with Crippen LogP contribution < -0.4 is 4.72 Å². The number of aromatic nitrogens is 2. The molecule has 0 radical (unpaired) electrons. The Morgan fingerprint density at radius 3 is 2.70 bits per heavy atom. The average Bonchev–Trinajstić information content (AvgIpc) is 3.04. The van der Waals surface area contributed by atoms with Crippen LogP contribution in [-0.4, -0.2) is 53.6 Å². The Bertz CT molecular complexity index is 715. The van der Waals surface area contributed by atoms with Crippen LogP contribution in [0.25, 0.3) is 0 Å². The first-order chi connectivity index (χ1) is 10.7. The summed E-state index contributed by atoms with van der Waals surface area (Å²) >= 11 is 1.02. The molecule has 1 fully saturated rings. The van der Waals surface area contributed by atoms with E-state index >= 15 is 0 Å².